The van der Waals surface area contributed by atoms with Crippen molar-refractivity contribution >= 4 is 62.8 Å². The van der Waals surface area contributed by atoms with Crippen molar-refractivity contribution in [2.75, 3.05) is 36.0 Å². The molecule has 1 heterocycles. The van der Waals surface area contributed by atoms with Crippen LogP contribution in [0.2, 0.25) is 5.02 Å². The molecule has 0 aliphatic carbocycles. The second kappa shape index (κ2) is 11.0. The number of amides is 1. The summed E-state index contributed by atoms with van der Waals surface area (Å²) in [4.78, 5) is 17.6. The molecule has 36 heavy (non-hydrogen) atoms. The van der Waals surface area contributed by atoms with Gasteiger partial charge in [0.15, 0.2) is 0 Å². The van der Waals surface area contributed by atoms with Gasteiger partial charge in [0.25, 0.3) is 5.91 Å². The summed E-state index contributed by atoms with van der Waals surface area (Å²) >= 11 is 6.40. The Morgan fingerprint density at radius 1 is 0.917 bits per heavy atom. The molecule has 0 radical (unpaired) electrons. The van der Waals surface area contributed by atoms with Gasteiger partial charge in [-0.1, -0.05) is 61.3 Å². The van der Waals surface area contributed by atoms with Crippen LogP contribution in [0.4, 0.5) is 11.4 Å². The Labute approximate surface area is 224 Å². The van der Waals surface area contributed by atoms with E-state index in [9.17, 15) is 4.79 Å². The summed E-state index contributed by atoms with van der Waals surface area (Å²) in [6.07, 6.45) is 2.95. The number of fused-ring (bicyclic) bond motifs is 2. The van der Waals surface area contributed by atoms with E-state index < -0.39 is 0 Å². The van der Waals surface area contributed by atoms with E-state index in [1.54, 1.807) is 0 Å². The number of hydrogen-bond donors (Lipinski definition) is 1. The Bertz CT molecular complexity index is 1410. The van der Waals surface area contributed by atoms with Gasteiger partial charge in [-0.3, -0.25) is 4.79 Å². The Balaban J connectivity index is 0.00000304. The van der Waals surface area contributed by atoms with Crippen molar-refractivity contribution in [2.45, 2.75) is 33.1 Å². The first kappa shape index (κ1) is 26.1. The third-order valence-electron chi connectivity index (χ3n) is 7.28. The average Bonchev–Trinajstić information content (AvgIpc) is 2.87. The second-order valence-electron chi connectivity index (χ2n) is 9.51. The molecule has 5 rings (SSSR count). The SMILES string of the molecule is CCCCc1cc2cc3ccccc3cc2c(N2CCN(c3cccc(Cl)c3C)CC2)c1C(N)=O.Cl. The third-order valence-corrected chi connectivity index (χ3v) is 7.69. The molecule has 2 N–H and O–H groups in total. The van der Waals surface area contributed by atoms with Crippen LogP contribution < -0.4 is 15.5 Å². The highest BCUT2D eigenvalue weighted by atomic mass is 35.5. The lowest BCUT2D eigenvalue weighted by Gasteiger charge is -2.39. The number of piperazine rings is 1. The molecule has 0 saturated carbocycles. The van der Waals surface area contributed by atoms with Crippen LogP contribution in [0.1, 0.15) is 41.3 Å². The van der Waals surface area contributed by atoms with Gasteiger partial charge in [0.05, 0.1) is 11.3 Å². The van der Waals surface area contributed by atoms with Gasteiger partial charge >= 0.3 is 0 Å². The normalized spacial score (nSPS) is 13.8. The molecule has 4 aromatic carbocycles. The fourth-order valence-electron chi connectivity index (χ4n) is 5.41. The van der Waals surface area contributed by atoms with E-state index in [4.69, 9.17) is 17.3 Å². The molecule has 0 aromatic heterocycles. The predicted octanol–water partition coefficient (Wildman–Crippen LogP) is 7.14. The molecule has 1 saturated heterocycles. The zero-order valence-corrected chi connectivity index (χ0v) is 22.5. The van der Waals surface area contributed by atoms with Crippen LogP contribution in [0.25, 0.3) is 21.5 Å². The fourth-order valence-corrected chi connectivity index (χ4v) is 5.58. The maximum Gasteiger partial charge on any atom is 0.251 e. The van der Waals surface area contributed by atoms with E-state index in [2.05, 4.69) is 72.2 Å². The number of carbonyl (C=O) groups is 1. The zero-order valence-electron chi connectivity index (χ0n) is 20.9. The molecular weight excluding hydrogens is 489 g/mol. The first-order chi connectivity index (χ1) is 17.0. The van der Waals surface area contributed by atoms with Gasteiger partial charge in [0.2, 0.25) is 0 Å². The van der Waals surface area contributed by atoms with Gasteiger partial charge in [-0.2, -0.15) is 0 Å². The lowest BCUT2D eigenvalue weighted by atomic mass is 9.92. The monoisotopic (exact) mass is 521 g/mol. The predicted molar refractivity (Wildman–Crippen MR) is 156 cm³/mol. The van der Waals surface area contributed by atoms with Crippen LogP contribution in [0.3, 0.4) is 0 Å². The molecule has 1 aliphatic rings. The van der Waals surface area contributed by atoms with Crippen LogP contribution in [0.15, 0.2) is 60.7 Å². The molecule has 0 bridgehead atoms. The second-order valence-corrected chi connectivity index (χ2v) is 9.91. The maximum atomic E-state index is 12.9. The number of benzene rings is 4. The van der Waals surface area contributed by atoms with Crippen LogP contribution in [0.5, 0.6) is 0 Å². The van der Waals surface area contributed by atoms with Gasteiger partial charge in [-0.15, -0.1) is 12.4 Å². The Morgan fingerprint density at radius 3 is 2.25 bits per heavy atom. The minimum atomic E-state index is -0.339. The van der Waals surface area contributed by atoms with E-state index in [1.165, 1.54) is 21.8 Å². The van der Waals surface area contributed by atoms with Gasteiger partial charge < -0.3 is 15.5 Å². The molecule has 1 amide bonds. The summed E-state index contributed by atoms with van der Waals surface area (Å²) in [6, 6.07) is 21.2. The van der Waals surface area contributed by atoms with E-state index in [1.807, 2.05) is 12.1 Å². The van der Waals surface area contributed by atoms with Gasteiger partial charge in [0.1, 0.15) is 0 Å². The lowest BCUT2D eigenvalue weighted by Crippen LogP contribution is -2.47. The molecule has 0 spiro atoms. The van der Waals surface area contributed by atoms with Crippen molar-refractivity contribution in [3.05, 3.63) is 82.4 Å². The lowest BCUT2D eigenvalue weighted by molar-refractivity contribution is 0.1000. The summed E-state index contributed by atoms with van der Waals surface area (Å²) in [5.41, 5.74) is 11.1. The number of anilines is 2. The quantitative estimate of drug-likeness (QED) is 0.274. The van der Waals surface area contributed by atoms with Crippen molar-refractivity contribution in [3.8, 4) is 0 Å². The standard InChI is InChI=1S/C30H32ClN3O.ClH/c1-3-4-8-23-18-24-17-21-9-5-6-10-22(21)19-25(24)29(28(23)30(32)35)34-15-13-33(14-16-34)27-12-7-11-26(31)20(27)2;/h5-7,9-12,17-19H,3-4,8,13-16H2,1-2H3,(H2,32,35);1H. The topological polar surface area (TPSA) is 49.6 Å². The first-order valence-electron chi connectivity index (χ1n) is 12.5. The number of unbranched alkanes of at least 4 members (excludes halogenated alkanes) is 1. The molecule has 6 heteroatoms. The molecule has 4 aromatic rings. The summed E-state index contributed by atoms with van der Waals surface area (Å²) in [6.45, 7) is 7.58. The fraction of sp³-hybridized carbons (Fsp3) is 0.300. The molecule has 1 aliphatic heterocycles. The highest BCUT2D eigenvalue weighted by Crippen LogP contribution is 2.38. The minimum absolute atomic E-state index is 0. The summed E-state index contributed by atoms with van der Waals surface area (Å²) < 4.78 is 0. The largest absolute Gasteiger partial charge is 0.368 e. The number of primary amides is 1. The van der Waals surface area contributed by atoms with Crippen molar-refractivity contribution in [1.82, 2.24) is 0 Å². The molecule has 0 unspecified atom stereocenters. The van der Waals surface area contributed by atoms with Gasteiger partial charge in [-0.25, -0.2) is 0 Å². The Hall–Kier alpha value is -2.95. The third kappa shape index (κ3) is 4.85. The van der Waals surface area contributed by atoms with Crippen LogP contribution >= 0.6 is 24.0 Å². The van der Waals surface area contributed by atoms with Gasteiger partial charge in [-0.05, 0) is 71.3 Å². The Morgan fingerprint density at radius 2 is 1.58 bits per heavy atom. The number of carbonyl (C=O) groups excluding carboxylic acids is 1. The van der Waals surface area contributed by atoms with Crippen LogP contribution in [-0.4, -0.2) is 32.1 Å². The number of hydrogen-bond acceptors (Lipinski definition) is 3. The number of nitrogens with zero attached hydrogens (tertiary/aromatic N) is 2. The van der Waals surface area contributed by atoms with E-state index >= 15 is 0 Å². The highest BCUT2D eigenvalue weighted by molar-refractivity contribution is 6.31. The molecule has 4 nitrogen and oxygen atoms in total. The minimum Gasteiger partial charge on any atom is -0.368 e. The van der Waals surface area contributed by atoms with Crippen LogP contribution in [-0.2, 0) is 6.42 Å². The molecule has 188 valence electrons. The molecule has 1 fully saturated rings. The summed E-state index contributed by atoms with van der Waals surface area (Å²) in [5, 5.41) is 5.45. The van der Waals surface area contributed by atoms with Crippen molar-refractivity contribution < 1.29 is 4.79 Å². The molecular formula is C30H33Cl2N3O. The van der Waals surface area contributed by atoms with E-state index in [0.29, 0.717) is 5.56 Å². The van der Waals surface area contributed by atoms with E-state index in [0.717, 1.165) is 72.7 Å². The molecule has 0 atom stereocenters. The van der Waals surface area contributed by atoms with Gasteiger partial charge in [0, 0.05) is 42.3 Å². The summed E-state index contributed by atoms with van der Waals surface area (Å²) in [7, 11) is 0. The van der Waals surface area contributed by atoms with E-state index in [-0.39, 0.29) is 18.3 Å². The maximum absolute atomic E-state index is 12.9. The van der Waals surface area contributed by atoms with Crippen molar-refractivity contribution in [2.24, 2.45) is 5.73 Å². The van der Waals surface area contributed by atoms with Crippen molar-refractivity contribution in [1.29, 1.82) is 0 Å². The first-order valence-corrected chi connectivity index (χ1v) is 12.9. The number of rotatable bonds is 6. The number of halogens is 2. The zero-order chi connectivity index (χ0) is 24.5. The smallest absolute Gasteiger partial charge is 0.251 e. The Kier molecular flexibility index (Phi) is 7.97. The number of nitrogens with two attached hydrogens (primary N) is 1. The van der Waals surface area contributed by atoms with Crippen LogP contribution in [0, 0.1) is 6.92 Å². The highest BCUT2D eigenvalue weighted by Gasteiger charge is 2.26. The number of aryl methyl sites for hydroxylation is 1. The average molecular weight is 523 g/mol. The van der Waals surface area contributed by atoms with Crippen molar-refractivity contribution in [3.63, 3.8) is 0 Å². The summed E-state index contributed by atoms with van der Waals surface area (Å²) in [5.74, 6) is -0.339.